The van der Waals surface area contributed by atoms with Crippen LogP contribution in [0.25, 0.3) is 71.0 Å². The molecule has 0 unspecified atom stereocenters. The highest BCUT2D eigenvalue weighted by Crippen LogP contribution is 2.50. The molecule has 10 aromatic rings. The Kier molecular flexibility index (Phi) is 6.02. The lowest BCUT2D eigenvalue weighted by Crippen LogP contribution is -2.12. The Balaban J connectivity index is 1.40. The van der Waals surface area contributed by atoms with Gasteiger partial charge in [0.05, 0.1) is 32.3 Å². The molecule has 0 aliphatic rings. The summed E-state index contributed by atoms with van der Waals surface area (Å²) in [6.45, 7) is 0. The Morgan fingerprint density at radius 1 is 0.458 bits per heavy atom. The van der Waals surface area contributed by atoms with Crippen LogP contribution in [0, 0.1) is 0 Å². The van der Waals surface area contributed by atoms with Crippen LogP contribution in [0.5, 0.6) is 0 Å². The van der Waals surface area contributed by atoms with E-state index in [0.717, 1.165) is 60.2 Å². The molecule has 0 saturated heterocycles. The first-order valence-corrected chi connectivity index (χ1v) is 16.9. The second-order valence-electron chi connectivity index (χ2n) is 12.3. The Morgan fingerprint density at radius 2 is 1.06 bits per heavy atom. The summed E-state index contributed by atoms with van der Waals surface area (Å²) in [5, 5.41) is 9.50. The summed E-state index contributed by atoms with van der Waals surface area (Å²) in [4.78, 5) is 2.34. The molecule has 0 radical (unpaired) electrons. The predicted molar refractivity (Wildman–Crippen MR) is 205 cm³/mol. The second-order valence-corrected chi connectivity index (χ2v) is 13.1. The van der Waals surface area contributed by atoms with Crippen molar-refractivity contribution in [1.82, 2.24) is 4.57 Å². The molecule has 0 spiro atoms. The van der Waals surface area contributed by atoms with E-state index in [9.17, 15) is 0 Å². The van der Waals surface area contributed by atoms with E-state index in [2.05, 4.69) is 183 Å². The van der Waals surface area contributed by atoms with Gasteiger partial charge in [-0.3, -0.25) is 0 Å². The zero-order chi connectivity index (χ0) is 31.8. The number of hydrogen-bond acceptors (Lipinski definition) is 2. The smallest absolute Gasteiger partial charge is 0.139 e. The molecule has 0 bridgehead atoms. The van der Waals surface area contributed by atoms with E-state index in [1.54, 1.807) is 0 Å². The van der Waals surface area contributed by atoms with Crippen molar-refractivity contribution in [3.05, 3.63) is 168 Å². The van der Waals surface area contributed by atoms with Gasteiger partial charge in [-0.15, -0.1) is 0 Å². The first-order valence-electron chi connectivity index (χ1n) is 16.1. The lowest BCUT2D eigenvalue weighted by molar-refractivity contribution is 0.668. The maximum atomic E-state index is 6.71. The van der Waals surface area contributed by atoms with Gasteiger partial charge in [0.2, 0.25) is 0 Å². The van der Waals surface area contributed by atoms with Crippen molar-refractivity contribution < 1.29 is 4.42 Å². The van der Waals surface area contributed by atoms with Gasteiger partial charge < -0.3 is 13.9 Å². The minimum absolute atomic E-state index is 0.831. The fourth-order valence-electron chi connectivity index (χ4n) is 7.50. The minimum Gasteiger partial charge on any atom is -0.456 e. The number of hydrogen-bond donors (Lipinski definition) is 0. The zero-order valence-corrected chi connectivity index (χ0v) is 27.4. The highest BCUT2D eigenvalue weighted by Gasteiger charge is 2.27. The molecule has 0 N–H and O–H groups in total. The van der Waals surface area contributed by atoms with Crippen LogP contribution in [-0.2, 0) is 0 Å². The van der Waals surface area contributed by atoms with Crippen molar-refractivity contribution >= 4 is 98.3 Å². The van der Waals surface area contributed by atoms with Crippen LogP contribution >= 0.6 is 15.9 Å². The van der Waals surface area contributed by atoms with Crippen LogP contribution < -0.4 is 4.90 Å². The van der Waals surface area contributed by atoms with E-state index in [1.807, 2.05) is 6.07 Å². The maximum absolute atomic E-state index is 6.71. The van der Waals surface area contributed by atoms with Crippen molar-refractivity contribution in [2.75, 3.05) is 4.90 Å². The Hall–Kier alpha value is -5.84. The van der Waals surface area contributed by atoms with E-state index in [0.29, 0.717) is 0 Å². The highest BCUT2D eigenvalue weighted by molar-refractivity contribution is 9.10. The van der Waals surface area contributed by atoms with Crippen LogP contribution in [0.2, 0.25) is 0 Å². The standard InChI is InChI=1S/C44H27BrN2O/c45-43-38(47-36-24-23-28-13-9-10-20-33(28)41(36)35-25-29-14-7-8-15-30(29)26-37(35)47)27-40-42(34-21-11-12-22-39(34)48-40)44(43)46(31-16-3-1-4-17-31)32-18-5-2-6-19-32/h1-27H. The van der Waals surface area contributed by atoms with Gasteiger partial charge in [-0.2, -0.15) is 0 Å². The number of nitrogens with zero attached hydrogens (tertiary/aromatic N) is 2. The van der Waals surface area contributed by atoms with Gasteiger partial charge in [-0.1, -0.05) is 109 Å². The molecule has 4 heteroatoms. The summed E-state index contributed by atoms with van der Waals surface area (Å²) >= 11 is 4.26. The molecule has 0 aliphatic heterocycles. The SMILES string of the molecule is Brc1c(-n2c3cc4ccccc4cc3c3c4ccccc4ccc32)cc2oc3ccccc3c2c1N(c1ccccc1)c1ccccc1. The van der Waals surface area contributed by atoms with Gasteiger partial charge in [0.15, 0.2) is 0 Å². The molecule has 10 rings (SSSR count). The van der Waals surface area contributed by atoms with E-state index in [1.165, 1.54) is 32.3 Å². The van der Waals surface area contributed by atoms with Gasteiger partial charge in [0.1, 0.15) is 11.2 Å². The average molecular weight is 680 g/mol. The predicted octanol–water partition coefficient (Wildman–Crippen LogP) is 13.2. The average Bonchev–Trinajstić information content (AvgIpc) is 3.67. The summed E-state index contributed by atoms with van der Waals surface area (Å²) in [6.07, 6.45) is 0. The number of rotatable bonds is 4. The third-order valence-electron chi connectivity index (χ3n) is 9.58. The fraction of sp³-hybridized carbons (Fsp3) is 0. The Bertz CT molecular complexity index is 2810. The molecule has 2 aromatic heterocycles. The zero-order valence-electron chi connectivity index (χ0n) is 25.8. The molecule has 0 aliphatic carbocycles. The topological polar surface area (TPSA) is 21.3 Å². The Morgan fingerprint density at radius 3 is 1.79 bits per heavy atom. The van der Waals surface area contributed by atoms with Gasteiger partial charge in [-0.05, 0) is 86.0 Å². The highest BCUT2D eigenvalue weighted by atomic mass is 79.9. The molecule has 226 valence electrons. The number of benzene rings is 8. The lowest BCUT2D eigenvalue weighted by atomic mass is 10.0. The van der Waals surface area contributed by atoms with E-state index in [4.69, 9.17) is 4.42 Å². The second kappa shape index (κ2) is 10.6. The van der Waals surface area contributed by atoms with Crippen LogP contribution in [0.15, 0.2) is 173 Å². The molecular weight excluding hydrogens is 652 g/mol. The molecule has 3 nitrogen and oxygen atoms in total. The molecule has 2 heterocycles. The third-order valence-corrected chi connectivity index (χ3v) is 10.4. The first-order chi connectivity index (χ1) is 23.7. The van der Waals surface area contributed by atoms with Crippen molar-refractivity contribution in [3.8, 4) is 5.69 Å². The summed E-state index contributed by atoms with van der Waals surface area (Å²) in [5.41, 5.74) is 8.15. The molecule has 0 amide bonds. The van der Waals surface area contributed by atoms with Crippen molar-refractivity contribution in [2.24, 2.45) is 0 Å². The van der Waals surface area contributed by atoms with Crippen molar-refractivity contribution in [3.63, 3.8) is 0 Å². The first kappa shape index (κ1) is 27.3. The number of fused-ring (bicyclic) bond motifs is 9. The summed E-state index contributed by atoms with van der Waals surface area (Å²) in [6, 6.07) is 58.2. The van der Waals surface area contributed by atoms with Crippen LogP contribution in [-0.4, -0.2) is 4.57 Å². The van der Waals surface area contributed by atoms with E-state index >= 15 is 0 Å². The van der Waals surface area contributed by atoms with Gasteiger partial charge in [0, 0.05) is 33.6 Å². The summed E-state index contributed by atoms with van der Waals surface area (Å²) < 4.78 is 10.1. The van der Waals surface area contributed by atoms with E-state index < -0.39 is 0 Å². The van der Waals surface area contributed by atoms with Gasteiger partial charge >= 0.3 is 0 Å². The normalized spacial score (nSPS) is 11.9. The van der Waals surface area contributed by atoms with Crippen LogP contribution in [0.3, 0.4) is 0 Å². The Labute approximate surface area is 285 Å². The van der Waals surface area contributed by atoms with Crippen molar-refractivity contribution in [1.29, 1.82) is 0 Å². The molecular formula is C44H27BrN2O. The number of para-hydroxylation sites is 3. The number of halogens is 1. The fourth-order valence-corrected chi connectivity index (χ4v) is 8.16. The largest absolute Gasteiger partial charge is 0.456 e. The number of anilines is 3. The molecule has 0 fully saturated rings. The molecule has 0 atom stereocenters. The van der Waals surface area contributed by atoms with Crippen LogP contribution in [0.4, 0.5) is 17.1 Å². The lowest BCUT2D eigenvalue weighted by Gasteiger charge is -2.28. The maximum Gasteiger partial charge on any atom is 0.139 e. The summed E-state index contributed by atoms with van der Waals surface area (Å²) in [7, 11) is 0. The third kappa shape index (κ3) is 3.99. The molecule has 0 saturated carbocycles. The van der Waals surface area contributed by atoms with Crippen LogP contribution in [0.1, 0.15) is 0 Å². The number of aromatic nitrogens is 1. The van der Waals surface area contributed by atoms with Gasteiger partial charge in [-0.25, -0.2) is 0 Å². The summed E-state index contributed by atoms with van der Waals surface area (Å²) in [5.74, 6) is 0. The molecule has 48 heavy (non-hydrogen) atoms. The quantitative estimate of drug-likeness (QED) is 0.185. The number of furan rings is 1. The molecule has 8 aromatic carbocycles. The monoisotopic (exact) mass is 678 g/mol. The van der Waals surface area contributed by atoms with Crippen molar-refractivity contribution in [2.45, 2.75) is 0 Å². The van der Waals surface area contributed by atoms with Gasteiger partial charge in [0.25, 0.3) is 0 Å². The van der Waals surface area contributed by atoms with E-state index in [-0.39, 0.29) is 0 Å². The minimum atomic E-state index is 0.831.